The van der Waals surface area contributed by atoms with Crippen molar-refractivity contribution in [2.75, 3.05) is 13.1 Å². The number of rotatable bonds is 3. The highest BCUT2D eigenvalue weighted by atomic mass is 35.5. The van der Waals surface area contributed by atoms with E-state index in [1.165, 1.54) is 11.3 Å². The molecule has 1 saturated heterocycles. The fourth-order valence-electron chi connectivity index (χ4n) is 3.94. The van der Waals surface area contributed by atoms with Crippen molar-refractivity contribution in [1.82, 2.24) is 9.80 Å². The molecule has 0 unspecified atom stereocenters. The molecule has 2 amide bonds. The summed E-state index contributed by atoms with van der Waals surface area (Å²) < 4.78 is 0. The Bertz CT molecular complexity index is 662. The maximum Gasteiger partial charge on any atom is 0.407 e. The van der Waals surface area contributed by atoms with Gasteiger partial charge in [0.2, 0.25) is 0 Å². The van der Waals surface area contributed by atoms with Crippen LogP contribution in [0.25, 0.3) is 0 Å². The average molecular weight is 385 g/mol. The Hall–Kier alpha value is -1.46. The van der Waals surface area contributed by atoms with E-state index in [2.05, 4.69) is 0 Å². The molecule has 0 spiro atoms. The first-order valence-electron chi connectivity index (χ1n) is 8.73. The van der Waals surface area contributed by atoms with Gasteiger partial charge in [0, 0.05) is 19.1 Å². The number of carbonyl (C=O) groups is 2. The van der Waals surface area contributed by atoms with Gasteiger partial charge in [-0.05, 0) is 31.4 Å². The van der Waals surface area contributed by atoms with Gasteiger partial charge in [0.1, 0.15) is 0 Å². The zero-order chi connectivity index (χ0) is 18.0. The normalized spacial score (nSPS) is 21.4. The minimum Gasteiger partial charge on any atom is -0.465 e. The number of carbonyl (C=O) groups excluding carboxylic acids is 1. The Morgan fingerprint density at radius 2 is 1.80 bits per heavy atom. The summed E-state index contributed by atoms with van der Waals surface area (Å²) in [7, 11) is 0. The van der Waals surface area contributed by atoms with Crippen LogP contribution in [-0.2, 0) is 0 Å². The average Bonchev–Trinajstić information content (AvgIpc) is 3.08. The summed E-state index contributed by atoms with van der Waals surface area (Å²) in [5, 5.41) is 9.87. The van der Waals surface area contributed by atoms with E-state index >= 15 is 0 Å². The van der Waals surface area contributed by atoms with Crippen LogP contribution in [0.5, 0.6) is 0 Å². The third-order valence-corrected chi connectivity index (χ3v) is 6.03. The summed E-state index contributed by atoms with van der Waals surface area (Å²) >= 11 is 12.4. The van der Waals surface area contributed by atoms with E-state index in [1.54, 1.807) is 18.2 Å². The first-order chi connectivity index (χ1) is 12.0. The number of likely N-dealkylation sites (tertiary alicyclic amines) is 1. The zero-order valence-corrected chi connectivity index (χ0v) is 15.5. The van der Waals surface area contributed by atoms with E-state index in [-0.39, 0.29) is 23.0 Å². The SMILES string of the molecule is O=C(O)N1CC[C@H](N(C(=O)c2cccc(Cl)c2Cl)C2CCCCC2)C1. The standard InChI is InChI=1S/C18H22Cl2N2O3/c19-15-8-4-7-14(16(15)20)17(23)22(12-5-2-1-3-6-12)13-9-10-21(11-13)18(24)25/h4,7-8,12-13H,1-3,5-6,9-11H2,(H,24,25)/t13-/m0/s1. The van der Waals surface area contributed by atoms with E-state index < -0.39 is 6.09 Å². The van der Waals surface area contributed by atoms with Crippen molar-refractivity contribution >= 4 is 35.2 Å². The van der Waals surface area contributed by atoms with Crippen LogP contribution in [0.15, 0.2) is 18.2 Å². The van der Waals surface area contributed by atoms with Gasteiger partial charge in [-0.1, -0.05) is 48.5 Å². The Morgan fingerprint density at radius 3 is 2.44 bits per heavy atom. The lowest BCUT2D eigenvalue weighted by Crippen LogP contribution is -2.49. The van der Waals surface area contributed by atoms with Crippen LogP contribution in [0.1, 0.15) is 48.9 Å². The molecule has 1 aromatic carbocycles. The molecule has 1 aliphatic carbocycles. The van der Waals surface area contributed by atoms with Gasteiger partial charge in [0.25, 0.3) is 5.91 Å². The number of benzene rings is 1. The highest BCUT2D eigenvalue weighted by molar-refractivity contribution is 6.43. The molecular weight excluding hydrogens is 363 g/mol. The van der Waals surface area contributed by atoms with Crippen molar-refractivity contribution in [2.24, 2.45) is 0 Å². The molecular formula is C18H22Cl2N2O3. The molecule has 1 aromatic rings. The van der Waals surface area contributed by atoms with Crippen molar-refractivity contribution in [3.05, 3.63) is 33.8 Å². The van der Waals surface area contributed by atoms with Crippen molar-refractivity contribution in [1.29, 1.82) is 0 Å². The van der Waals surface area contributed by atoms with Gasteiger partial charge >= 0.3 is 6.09 Å². The molecule has 1 heterocycles. The van der Waals surface area contributed by atoms with E-state index in [9.17, 15) is 14.7 Å². The Morgan fingerprint density at radius 1 is 1.08 bits per heavy atom. The van der Waals surface area contributed by atoms with Crippen LogP contribution in [0, 0.1) is 0 Å². The fraction of sp³-hybridized carbons (Fsp3) is 0.556. The summed E-state index contributed by atoms with van der Waals surface area (Å²) in [6.45, 7) is 0.815. The molecule has 2 aliphatic rings. The lowest BCUT2D eigenvalue weighted by Gasteiger charge is -2.38. The predicted octanol–water partition coefficient (Wildman–Crippen LogP) is 4.52. The first kappa shape index (κ1) is 18.3. The van der Waals surface area contributed by atoms with Gasteiger partial charge in [-0.25, -0.2) is 4.79 Å². The summed E-state index contributed by atoms with van der Waals surface area (Å²) in [4.78, 5) is 27.8. The van der Waals surface area contributed by atoms with Crippen LogP contribution < -0.4 is 0 Å². The number of nitrogens with zero attached hydrogens (tertiary/aromatic N) is 2. The minimum atomic E-state index is -0.931. The lowest BCUT2D eigenvalue weighted by molar-refractivity contribution is 0.0518. The topological polar surface area (TPSA) is 60.9 Å². The molecule has 1 aliphatic heterocycles. The lowest BCUT2D eigenvalue weighted by atomic mass is 9.92. The summed E-state index contributed by atoms with van der Waals surface area (Å²) in [6, 6.07) is 5.10. The van der Waals surface area contributed by atoms with Gasteiger partial charge in [0.15, 0.2) is 0 Å². The van der Waals surface area contributed by atoms with Crippen molar-refractivity contribution < 1.29 is 14.7 Å². The molecule has 0 radical (unpaired) electrons. The predicted molar refractivity (Wildman–Crippen MR) is 97.5 cm³/mol. The Kier molecular flexibility index (Phi) is 5.74. The minimum absolute atomic E-state index is 0.109. The number of hydrogen-bond donors (Lipinski definition) is 1. The van der Waals surface area contributed by atoms with E-state index in [0.717, 1.165) is 25.7 Å². The van der Waals surface area contributed by atoms with Gasteiger partial charge < -0.3 is 14.9 Å². The molecule has 2 fully saturated rings. The van der Waals surface area contributed by atoms with E-state index in [1.807, 2.05) is 4.90 Å². The smallest absolute Gasteiger partial charge is 0.407 e. The number of halogens is 2. The highest BCUT2D eigenvalue weighted by Gasteiger charge is 2.38. The summed E-state index contributed by atoms with van der Waals surface area (Å²) in [5.74, 6) is -0.142. The van der Waals surface area contributed by atoms with E-state index in [4.69, 9.17) is 23.2 Å². The molecule has 0 bridgehead atoms. The van der Waals surface area contributed by atoms with Gasteiger partial charge in [-0.15, -0.1) is 0 Å². The maximum atomic E-state index is 13.3. The molecule has 3 rings (SSSR count). The van der Waals surface area contributed by atoms with Crippen molar-refractivity contribution in [3.8, 4) is 0 Å². The molecule has 5 nitrogen and oxygen atoms in total. The third-order valence-electron chi connectivity index (χ3n) is 5.21. The van der Waals surface area contributed by atoms with Crippen LogP contribution >= 0.6 is 23.2 Å². The van der Waals surface area contributed by atoms with Crippen LogP contribution in [-0.4, -0.2) is 52.1 Å². The zero-order valence-electron chi connectivity index (χ0n) is 14.0. The molecule has 136 valence electrons. The Labute approximate surface area is 157 Å². The monoisotopic (exact) mass is 384 g/mol. The second kappa shape index (κ2) is 7.83. The Balaban J connectivity index is 1.89. The molecule has 0 aromatic heterocycles. The second-order valence-electron chi connectivity index (χ2n) is 6.78. The number of amides is 2. The fourth-order valence-corrected chi connectivity index (χ4v) is 4.32. The van der Waals surface area contributed by atoms with Crippen molar-refractivity contribution in [3.63, 3.8) is 0 Å². The largest absolute Gasteiger partial charge is 0.465 e. The summed E-state index contributed by atoms with van der Waals surface area (Å²) in [5.41, 5.74) is 0.397. The van der Waals surface area contributed by atoms with Crippen molar-refractivity contribution in [2.45, 2.75) is 50.6 Å². The maximum absolute atomic E-state index is 13.3. The number of hydrogen-bond acceptors (Lipinski definition) is 2. The molecule has 1 saturated carbocycles. The molecule has 7 heteroatoms. The summed E-state index contributed by atoms with van der Waals surface area (Å²) in [6.07, 6.45) is 5.00. The van der Waals surface area contributed by atoms with Crippen LogP contribution in [0.3, 0.4) is 0 Å². The van der Waals surface area contributed by atoms with Crippen LogP contribution in [0.2, 0.25) is 10.0 Å². The van der Waals surface area contributed by atoms with Gasteiger partial charge in [-0.3, -0.25) is 4.79 Å². The first-order valence-corrected chi connectivity index (χ1v) is 9.49. The quantitative estimate of drug-likeness (QED) is 0.832. The third kappa shape index (κ3) is 3.87. The second-order valence-corrected chi connectivity index (χ2v) is 7.56. The number of carboxylic acid groups (broad SMARTS) is 1. The van der Waals surface area contributed by atoms with Crippen LogP contribution in [0.4, 0.5) is 4.79 Å². The van der Waals surface area contributed by atoms with Gasteiger partial charge in [0.05, 0.1) is 21.7 Å². The molecule has 1 atom stereocenters. The van der Waals surface area contributed by atoms with E-state index in [0.29, 0.717) is 30.1 Å². The van der Waals surface area contributed by atoms with Gasteiger partial charge in [-0.2, -0.15) is 0 Å². The molecule has 25 heavy (non-hydrogen) atoms. The molecule has 1 N–H and O–H groups in total. The highest BCUT2D eigenvalue weighted by Crippen LogP contribution is 2.32.